The summed E-state index contributed by atoms with van der Waals surface area (Å²) in [4.78, 5) is 22.0. The van der Waals surface area contributed by atoms with Crippen molar-refractivity contribution in [3.8, 4) is 11.5 Å². The third kappa shape index (κ3) is 5.41. The number of anilines is 1. The van der Waals surface area contributed by atoms with E-state index in [1.165, 1.54) is 38.4 Å². The number of rotatable bonds is 9. The van der Waals surface area contributed by atoms with Gasteiger partial charge < -0.3 is 19.7 Å². The summed E-state index contributed by atoms with van der Waals surface area (Å²) < 4.78 is 37.5. The van der Waals surface area contributed by atoms with Crippen molar-refractivity contribution in [3.05, 3.63) is 42.0 Å². The first-order valence-corrected chi connectivity index (χ1v) is 13.8. The second kappa shape index (κ2) is 11.0. The Morgan fingerprint density at radius 2 is 1.75 bits per heavy atom. The van der Waals surface area contributed by atoms with Crippen LogP contribution in [0.4, 0.5) is 5.13 Å². The first-order valence-electron chi connectivity index (χ1n) is 11.5. The van der Waals surface area contributed by atoms with E-state index in [-0.39, 0.29) is 10.8 Å². The number of nitrogens with zero attached hydrogens (tertiary/aromatic N) is 4. The molecule has 1 aliphatic heterocycles. The van der Waals surface area contributed by atoms with Crippen molar-refractivity contribution < 1.29 is 22.7 Å². The van der Waals surface area contributed by atoms with Gasteiger partial charge in [0.05, 0.1) is 23.8 Å². The third-order valence-corrected chi connectivity index (χ3v) is 9.05. The van der Waals surface area contributed by atoms with Crippen LogP contribution in [-0.4, -0.2) is 96.1 Å². The van der Waals surface area contributed by atoms with E-state index in [1.54, 1.807) is 25.6 Å². The van der Waals surface area contributed by atoms with Crippen molar-refractivity contribution in [2.45, 2.75) is 4.90 Å². The summed E-state index contributed by atoms with van der Waals surface area (Å²) in [6.45, 7) is 4.66. The van der Waals surface area contributed by atoms with E-state index in [0.29, 0.717) is 23.6 Å². The van der Waals surface area contributed by atoms with Crippen LogP contribution < -0.4 is 19.7 Å². The van der Waals surface area contributed by atoms with Gasteiger partial charge in [0.25, 0.3) is 5.91 Å². The lowest BCUT2D eigenvalue weighted by Crippen LogP contribution is -2.48. The minimum Gasteiger partial charge on any atom is -0.493 e. The van der Waals surface area contributed by atoms with Gasteiger partial charge in [-0.25, -0.2) is 17.7 Å². The fourth-order valence-electron chi connectivity index (χ4n) is 4.01. The first-order chi connectivity index (χ1) is 17.2. The molecule has 1 aromatic heterocycles. The second-order valence-electron chi connectivity index (χ2n) is 8.54. The Labute approximate surface area is 215 Å². The molecule has 0 unspecified atom stereocenters. The zero-order chi connectivity index (χ0) is 25.9. The SMILES string of the molecule is COc1ccc2sc(N3CCN(CCNC(=O)c4ccc(S(=O)(=O)N(C)C)cc4)CC3)nc2c1OC. The lowest BCUT2D eigenvalue weighted by atomic mass is 10.2. The summed E-state index contributed by atoms with van der Waals surface area (Å²) in [5, 5.41) is 3.88. The van der Waals surface area contributed by atoms with Gasteiger partial charge in [-0.05, 0) is 36.4 Å². The van der Waals surface area contributed by atoms with Crippen molar-refractivity contribution in [2.24, 2.45) is 0 Å². The molecule has 0 bridgehead atoms. The number of thiazole rings is 1. The van der Waals surface area contributed by atoms with Crippen LogP contribution in [0.1, 0.15) is 10.4 Å². The lowest BCUT2D eigenvalue weighted by Gasteiger charge is -2.34. The number of hydrogen-bond donors (Lipinski definition) is 1. The zero-order valence-electron chi connectivity index (χ0n) is 20.9. The molecule has 36 heavy (non-hydrogen) atoms. The van der Waals surface area contributed by atoms with Crippen molar-refractivity contribution in [1.29, 1.82) is 0 Å². The van der Waals surface area contributed by atoms with Gasteiger partial charge in [-0.15, -0.1) is 0 Å². The highest BCUT2D eigenvalue weighted by Gasteiger charge is 2.22. The minimum atomic E-state index is -3.51. The van der Waals surface area contributed by atoms with Crippen LogP contribution in [0.5, 0.6) is 11.5 Å². The zero-order valence-corrected chi connectivity index (χ0v) is 22.5. The van der Waals surface area contributed by atoms with Crippen molar-refractivity contribution >= 4 is 42.6 Å². The van der Waals surface area contributed by atoms with Crippen molar-refractivity contribution in [1.82, 2.24) is 19.5 Å². The first kappa shape index (κ1) is 26.1. The Bertz CT molecular complexity index is 1320. The van der Waals surface area contributed by atoms with Gasteiger partial charge in [0.2, 0.25) is 10.0 Å². The van der Waals surface area contributed by atoms with Gasteiger partial charge in [0, 0.05) is 58.9 Å². The Kier molecular flexibility index (Phi) is 7.98. The van der Waals surface area contributed by atoms with E-state index in [0.717, 1.165) is 52.4 Å². The fraction of sp³-hybridized carbons (Fsp3) is 0.417. The number of aromatic nitrogens is 1. The van der Waals surface area contributed by atoms with Gasteiger partial charge in [-0.1, -0.05) is 11.3 Å². The molecule has 2 heterocycles. The van der Waals surface area contributed by atoms with E-state index in [9.17, 15) is 13.2 Å². The number of nitrogens with one attached hydrogen (secondary N) is 1. The summed E-state index contributed by atoms with van der Waals surface area (Å²) in [6.07, 6.45) is 0. The molecular formula is C24H31N5O5S2. The molecule has 0 radical (unpaired) electrons. The maximum Gasteiger partial charge on any atom is 0.251 e. The number of fused-ring (bicyclic) bond motifs is 1. The molecule has 1 fully saturated rings. The van der Waals surface area contributed by atoms with Gasteiger partial charge in [-0.2, -0.15) is 0 Å². The topological polar surface area (TPSA) is 104 Å². The van der Waals surface area contributed by atoms with Gasteiger partial charge in [-0.3, -0.25) is 9.69 Å². The van der Waals surface area contributed by atoms with Crippen LogP contribution in [0, 0.1) is 0 Å². The number of carbonyl (C=O) groups excluding carboxylic acids is 1. The number of carbonyl (C=O) groups is 1. The monoisotopic (exact) mass is 533 g/mol. The smallest absolute Gasteiger partial charge is 0.251 e. The number of hydrogen-bond acceptors (Lipinski definition) is 9. The van der Waals surface area contributed by atoms with E-state index >= 15 is 0 Å². The van der Waals surface area contributed by atoms with E-state index < -0.39 is 10.0 Å². The molecule has 12 heteroatoms. The van der Waals surface area contributed by atoms with E-state index in [2.05, 4.69) is 15.1 Å². The fourth-order valence-corrected chi connectivity index (χ4v) is 5.93. The molecule has 4 rings (SSSR count). The predicted octanol–water partition coefficient (Wildman–Crippen LogP) is 2.12. The van der Waals surface area contributed by atoms with Crippen LogP contribution in [0.2, 0.25) is 0 Å². The molecular weight excluding hydrogens is 502 g/mol. The van der Waals surface area contributed by atoms with Crippen LogP contribution >= 0.6 is 11.3 Å². The molecule has 0 saturated carbocycles. The molecule has 2 aromatic carbocycles. The molecule has 0 aliphatic carbocycles. The number of benzene rings is 2. The summed E-state index contributed by atoms with van der Waals surface area (Å²) in [5.41, 5.74) is 1.25. The normalized spacial score (nSPS) is 14.9. The minimum absolute atomic E-state index is 0.160. The van der Waals surface area contributed by atoms with E-state index in [4.69, 9.17) is 14.5 Å². The van der Waals surface area contributed by atoms with Crippen LogP contribution in [0.3, 0.4) is 0 Å². The van der Waals surface area contributed by atoms with Crippen LogP contribution in [0.15, 0.2) is 41.3 Å². The largest absolute Gasteiger partial charge is 0.493 e. The van der Waals surface area contributed by atoms with Crippen molar-refractivity contribution in [2.75, 3.05) is 72.5 Å². The molecule has 194 valence electrons. The van der Waals surface area contributed by atoms with E-state index in [1.807, 2.05) is 12.1 Å². The van der Waals surface area contributed by atoms with Gasteiger partial charge in [0.15, 0.2) is 16.6 Å². The number of amides is 1. The maximum atomic E-state index is 12.5. The molecule has 0 spiro atoms. The highest BCUT2D eigenvalue weighted by atomic mass is 32.2. The Morgan fingerprint density at radius 1 is 1.06 bits per heavy atom. The predicted molar refractivity (Wildman–Crippen MR) is 141 cm³/mol. The van der Waals surface area contributed by atoms with Crippen LogP contribution in [0.25, 0.3) is 10.2 Å². The van der Waals surface area contributed by atoms with Gasteiger partial charge >= 0.3 is 0 Å². The maximum absolute atomic E-state index is 12.5. The summed E-state index contributed by atoms with van der Waals surface area (Å²) in [5.74, 6) is 1.10. The second-order valence-corrected chi connectivity index (χ2v) is 11.7. The number of sulfonamides is 1. The molecule has 0 atom stereocenters. The number of methoxy groups -OCH3 is 2. The number of ether oxygens (including phenoxy) is 2. The summed E-state index contributed by atoms with van der Waals surface area (Å²) in [7, 11) is 2.68. The molecule has 1 N–H and O–H groups in total. The Hall–Kier alpha value is -2.93. The number of piperazine rings is 1. The van der Waals surface area contributed by atoms with Gasteiger partial charge in [0.1, 0.15) is 5.52 Å². The molecule has 10 nitrogen and oxygen atoms in total. The average molecular weight is 534 g/mol. The Balaban J connectivity index is 1.27. The average Bonchev–Trinajstić information content (AvgIpc) is 3.32. The molecule has 1 saturated heterocycles. The third-order valence-electron chi connectivity index (χ3n) is 6.14. The molecule has 3 aromatic rings. The molecule has 1 aliphatic rings. The van der Waals surface area contributed by atoms with Crippen molar-refractivity contribution in [3.63, 3.8) is 0 Å². The van der Waals surface area contributed by atoms with Crippen LogP contribution in [-0.2, 0) is 10.0 Å². The Morgan fingerprint density at radius 3 is 2.36 bits per heavy atom. The summed E-state index contributed by atoms with van der Waals surface area (Å²) in [6, 6.07) is 9.88. The molecule has 1 amide bonds. The highest BCUT2D eigenvalue weighted by Crippen LogP contribution is 2.40. The highest BCUT2D eigenvalue weighted by molar-refractivity contribution is 7.89. The lowest BCUT2D eigenvalue weighted by molar-refractivity contribution is 0.0947. The standard InChI is InChI=1S/C24H31N5O5S2/c1-27(2)36(31,32)18-7-5-17(6-8-18)23(30)25-11-12-28-13-15-29(16-14-28)24-26-21-20(35-24)10-9-19(33-3)22(21)34-4/h5-10H,11-16H2,1-4H3,(H,25,30). The quantitative estimate of drug-likeness (QED) is 0.446. The summed E-state index contributed by atoms with van der Waals surface area (Å²) >= 11 is 1.64.